The molecule has 0 radical (unpaired) electrons. The summed E-state index contributed by atoms with van der Waals surface area (Å²) < 4.78 is 5.85. The van der Waals surface area contributed by atoms with E-state index in [2.05, 4.69) is 9.72 Å². The fourth-order valence-corrected chi connectivity index (χ4v) is 3.11. The highest BCUT2D eigenvalue weighted by atomic mass is 32.2. The molecule has 0 unspecified atom stereocenters. The molecule has 1 aromatic heterocycles. The monoisotopic (exact) mass is 374 g/mol. The van der Waals surface area contributed by atoms with Gasteiger partial charge in [-0.3, -0.25) is 19.0 Å². The van der Waals surface area contributed by atoms with Crippen molar-refractivity contribution < 1.29 is 14.3 Å². The van der Waals surface area contributed by atoms with Gasteiger partial charge < -0.3 is 9.64 Å². The van der Waals surface area contributed by atoms with Crippen molar-refractivity contribution in [1.82, 2.24) is 14.5 Å². The predicted molar refractivity (Wildman–Crippen MR) is 96.6 cm³/mol. The lowest BCUT2D eigenvalue weighted by Crippen LogP contribution is -2.30. The molecule has 9 heteroatoms. The largest absolute Gasteiger partial charge is 0.468 e. The zero-order chi connectivity index (χ0) is 19.1. The van der Waals surface area contributed by atoms with Crippen molar-refractivity contribution in [1.29, 1.82) is 5.26 Å². The van der Waals surface area contributed by atoms with Crippen molar-refractivity contribution in [3.05, 3.63) is 34.6 Å². The molecule has 0 saturated heterocycles. The molecule has 0 saturated carbocycles. The van der Waals surface area contributed by atoms with Crippen molar-refractivity contribution in [2.45, 2.75) is 18.1 Å². The maximum Gasteiger partial charge on any atom is 0.325 e. The Balaban J connectivity index is 2.31. The lowest BCUT2D eigenvalue weighted by molar-refractivity contribution is -0.141. The van der Waals surface area contributed by atoms with Crippen LogP contribution in [0.15, 0.2) is 34.2 Å². The maximum absolute atomic E-state index is 12.7. The van der Waals surface area contributed by atoms with Gasteiger partial charge in [-0.25, -0.2) is 4.98 Å². The molecule has 26 heavy (non-hydrogen) atoms. The number of para-hydroxylation sites is 1. The van der Waals surface area contributed by atoms with Gasteiger partial charge in [0, 0.05) is 13.6 Å². The predicted octanol–water partition coefficient (Wildman–Crippen LogP) is 1.03. The van der Waals surface area contributed by atoms with Crippen LogP contribution in [0.2, 0.25) is 0 Å². The van der Waals surface area contributed by atoms with Gasteiger partial charge in [0.25, 0.3) is 5.56 Å². The Kier molecular flexibility index (Phi) is 6.74. The second-order valence-corrected chi connectivity index (χ2v) is 6.33. The third-order valence-corrected chi connectivity index (χ3v) is 4.61. The number of amides is 1. The standard InChI is InChI=1S/C17H18N4O4S/c1-20(9-5-8-18)14(22)11-26-17-19-13-7-4-3-6-12(13)16(24)21(17)10-15(23)25-2/h3-4,6-7H,5,9-11H2,1-2H3. The molecule has 2 rings (SSSR count). The minimum absolute atomic E-state index is 0.0356. The molecule has 8 nitrogen and oxygen atoms in total. The molecule has 0 bridgehead atoms. The Morgan fingerprint density at radius 2 is 2.12 bits per heavy atom. The molecule has 0 aliphatic carbocycles. The Morgan fingerprint density at radius 3 is 2.81 bits per heavy atom. The van der Waals surface area contributed by atoms with Gasteiger partial charge in [-0.15, -0.1) is 0 Å². The first-order valence-corrected chi connectivity index (χ1v) is 8.76. The van der Waals surface area contributed by atoms with E-state index in [-0.39, 0.29) is 35.3 Å². The minimum atomic E-state index is -0.580. The number of hydrogen-bond donors (Lipinski definition) is 0. The highest BCUT2D eigenvalue weighted by Gasteiger charge is 2.17. The lowest BCUT2D eigenvalue weighted by Gasteiger charge is -2.16. The lowest BCUT2D eigenvalue weighted by atomic mass is 10.2. The number of ether oxygens (including phenoxy) is 1. The number of carbonyl (C=O) groups is 2. The average Bonchev–Trinajstić information content (AvgIpc) is 2.66. The fraction of sp³-hybridized carbons (Fsp3) is 0.353. The Labute approximate surface area is 154 Å². The summed E-state index contributed by atoms with van der Waals surface area (Å²) in [5, 5.41) is 9.25. The second-order valence-electron chi connectivity index (χ2n) is 5.39. The van der Waals surface area contributed by atoms with Crippen LogP contribution in [0.25, 0.3) is 10.9 Å². The number of nitrogens with zero attached hydrogens (tertiary/aromatic N) is 4. The number of fused-ring (bicyclic) bond motifs is 1. The molecule has 1 aromatic carbocycles. The highest BCUT2D eigenvalue weighted by molar-refractivity contribution is 7.99. The number of rotatable bonds is 7. The van der Waals surface area contributed by atoms with E-state index in [0.717, 1.165) is 11.8 Å². The van der Waals surface area contributed by atoms with Crippen LogP contribution >= 0.6 is 11.8 Å². The molecule has 0 aliphatic rings. The number of methoxy groups -OCH3 is 1. The number of benzene rings is 1. The number of hydrogen-bond acceptors (Lipinski definition) is 7. The number of esters is 1. The van der Waals surface area contributed by atoms with E-state index in [1.807, 2.05) is 6.07 Å². The van der Waals surface area contributed by atoms with E-state index in [1.54, 1.807) is 31.3 Å². The van der Waals surface area contributed by atoms with E-state index in [0.29, 0.717) is 17.4 Å². The molecule has 2 aromatic rings. The van der Waals surface area contributed by atoms with E-state index in [1.165, 1.54) is 16.6 Å². The summed E-state index contributed by atoms with van der Waals surface area (Å²) in [4.78, 5) is 42.4. The van der Waals surface area contributed by atoms with Crippen LogP contribution in [0.3, 0.4) is 0 Å². The average molecular weight is 374 g/mol. The molecule has 0 fully saturated rings. The summed E-state index contributed by atoms with van der Waals surface area (Å²) in [6.45, 7) is 0.0456. The van der Waals surface area contributed by atoms with Gasteiger partial charge in [-0.2, -0.15) is 5.26 Å². The van der Waals surface area contributed by atoms with Gasteiger partial charge >= 0.3 is 5.97 Å². The van der Waals surface area contributed by atoms with Crippen molar-refractivity contribution in [3.63, 3.8) is 0 Å². The SMILES string of the molecule is COC(=O)Cn1c(SCC(=O)N(C)CCC#N)nc2ccccc2c1=O. The summed E-state index contributed by atoms with van der Waals surface area (Å²) in [5.74, 6) is -0.741. The zero-order valence-electron chi connectivity index (χ0n) is 14.5. The van der Waals surface area contributed by atoms with Gasteiger partial charge in [-0.1, -0.05) is 23.9 Å². The van der Waals surface area contributed by atoms with Crippen LogP contribution < -0.4 is 5.56 Å². The first-order chi connectivity index (χ1) is 12.5. The smallest absolute Gasteiger partial charge is 0.325 e. The summed E-state index contributed by atoms with van der Waals surface area (Å²) in [6, 6.07) is 8.79. The minimum Gasteiger partial charge on any atom is -0.468 e. The molecule has 1 amide bonds. The quantitative estimate of drug-likeness (QED) is 0.405. The molecule has 0 spiro atoms. The van der Waals surface area contributed by atoms with Gasteiger partial charge in [-0.05, 0) is 12.1 Å². The number of aromatic nitrogens is 2. The molecule has 136 valence electrons. The molecule has 0 aliphatic heterocycles. The summed E-state index contributed by atoms with van der Waals surface area (Å²) in [5.41, 5.74) is 0.125. The Bertz CT molecular complexity index is 919. The van der Waals surface area contributed by atoms with Gasteiger partial charge in [0.1, 0.15) is 6.54 Å². The molecule has 1 heterocycles. The van der Waals surface area contributed by atoms with Crippen LogP contribution in [-0.2, 0) is 20.9 Å². The van der Waals surface area contributed by atoms with Gasteiger partial charge in [0.05, 0.1) is 36.3 Å². The van der Waals surface area contributed by atoms with Gasteiger partial charge in [0.15, 0.2) is 5.16 Å². The highest BCUT2D eigenvalue weighted by Crippen LogP contribution is 2.18. The molecule has 0 atom stereocenters. The number of carbonyl (C=O) groups excluding carboxylic acids is 2. The maximum atomic E-state index is 12.7. The van der Waals surface area contributed by atoms with Crippen molar-refractivity contribution in [2.24, 2.45) is 0 Å². The topological polar surface area (TPSA) is 105 Å². The Hall–Kier alpha value is -2.86. The molecular formula is C17H18N4O4S. The van der Waals surface area contributed by atoms with Crippen LogP contribution in [-0.4, -0.2) is 52.8 Å². The summed E-state index contributed by atoms with van der Waals surface area (Å²) in [6.07, 6.45) is 0.244. The van der Waals surface area contributed by atoms with Crippen LogP contribution in [0.1, 0.15) is 6.42 Å². The van der Waals surface area contributed by atoms with Gasteiger partial charge in [0.2, 0.25) is 5.91 Å². The third-order valence-electron chi connectivity index (χ3n) is 3.65. The van der Waals surface area contributed by atoms with Crippen molar-refractivity contribution >= 4 is 34.5 Å². The summed E-state index contributed by atoms with van der Waals surface area (Å²) >= 11 is 1.07. The van der Waals surface area contributed by atoms with Crippen LogP contribution in [0, 0.1) is 11.3 Å². The van der Waals surface area contributed by atoms with E-state index < -0.39 is 5.97 Å². The Morgan fingerprint density at radius 1 is 1.38 bits per heavy atom. The number of thioether (sulfide) groups is 1. The fourth-order valence-electron chi connectivity index (χ4n) is 2.17. The zero-order valence-corrected chi connectivity index (χ0v) is 15.3. The van der Waals surface area contributed by atoms with Crippen LogP contribution in [0.4, 0.5) is 0 Å². The first kappa shape index (κ1) is 19.5. The normalized spacial score (nSPS) is 10.3. The third kappa shape index (κ3) is 4.61. The van der Waals surface area contributed by atoms with Crippen molar-refractivity contribution in [2.75, 3.05) is 26.5 Å². The molecular weight excluding hydrogens is 356 g/mol. The van der Waals surface area contributed by atoms with Crippen LogP contribution in [0.5, 0.6) is 0 Å². The van der Waals surface area contributed by atoms with Crippen molar-refractivity contribution in [3.8, 4) is 6.07 Å². The summed E-state index contributed by atoms with van der Waals surface area (Å²) in [7, 11) is 2.85. The van der Waals surface area contributed by atoms with E-state index >= 15 is 0 Å². The second kappa shape index (κ2) is 9.01. The van der Waals surface area contributed by atoms with E-state index in [9.17, 15) is 14.4 Å². The molecule has 0 N–H and O–H groups in total. The first-order valence-electron chi connectivity index (χ1n) is 7.78. The van der Waals surface area contributed by atoms with E-state index in [4.69, 9.17) is 5.26 Å². The number of nitriles is 1.